The van der Waals surface area contributed by atoms with Crippen LogP contribution in [-0.4, -0.2) is 58.0 Å². The second-order valence-electron chi connectivity index (χ2n) is 3.92. The number of carbonyl (C=O) groups excluding carboxylic acids is 2. The van der Waals surface area contributed by atoms with Crippen molar-refractivity contribution in [2.75, 3.05) is 13.1 Å². The molecule has 18 heavy (non-hydrogen) atoms. The minimum Gasteiger partial charge on any atom is -0.480 e. The Morgan fingerprint density at radius 1 is 1.17 bits per heavy atom. The highest BCUT2D eigenvalue weighted by Gasteiger charge is 2.34. The van der Waals surface area contributed by atoms with E-state index in [1.807, 2.05) is 5.32 Å². The molecule has 8 nitrogen and oxygen atoms in total. The van der Waals surface area contributed by atoms with Crippen molar-refractivity contribution in [3.05, 3.63) is 0 Å². The normalized spacial score (nSPS) is 19.1. The molecule has 0 aliphatic carbocycles. The second kappa shape index (κ2) is 5.99. The zero-order valence-corrected chi connectivity index (χ0v) is 9.59. The fourth-order valence-corrected chi connectivity index (χ4v) is 1.79. The molecule has 1 rings (SSSR count). The van der Waals surface area contributed by atoms with Crippen molar-refractivity contribution in [1.82, 2.24) is 10.2 Å². The molecule has 1 saturated heterocycles. The summed E-state index contributed by atoms with van der Waals surface area (Å²) in [6, 6.07) is -1.01. The smallest absolute Gasteiger partial charge is 0.326 e. The van der Waals surface area contributed by atoms with Crippen LogP contribution >= 0.6 is 0 Å². The number of likely N-dealkylation sites (tertiary alicyclic amines) is 1. The molecule has 1 aliphatic rings. The first kappa shape index (κ1) is 13.9. The third-order valence-corrected chi connectivity index (χ3v) is 2.64. The Balaban J connectivity index is 2.65. The molecule has 1 atom stereocenters. The van der Waals surface area contributed by atoms with Gasteiger partial charge in [-0.1, -0.05) is 0 Å². The molecule has 3 N–H and O–H groups in total. The highest BCUT2D eigenvalue weighted by molar-refractivity contribution is 6.35. The van der Waals surface area contributed by atoms with Crippen LogP contribution in [0, 0.1) is 0 Å². The van der Waals surface area contributed by atoms with E-state index >= 15 is 0 Å². The first-order valence-corrected chi connectivity index (χ1v) is 5.47. The number of hydrogen-bond donors (Lipinski definition) is 3. The van der Waals surface area contributed by atoms with E-state index in [2.05, 4.69) is 0 Å². The zero-order chi connectivity index (χ0) is 13.7. The van der Waals surface area contributed by atoms with Crippen LogP contribution in [0.25, 0.3) is 0 Å². The molecular formula is C10H14N2O6. The van der Waals surface area contributed by atoms with E-state index in [0.29, 0.717) is 19.3 Å². The molecule has 1 aliphatic heterocycles. The van der Waals surface area contributed by atoms with Crippen LogP contribution in [0.4, 0.5) is 0 Å². The number of hydrogen-bond acceptors (Lipinski definition) is 4. The molecule has 0 saturated carbocycles. The van der Waals surface area contributed by atoms with Crippen LogP contribution < -0.4 is 5.32 Å². The molecule has 0 spiro atoms. The average Bonchev–Trinajstić information content (AvgIpc) is 2.34. The van der Waals surface area contributed by atoms with Crippen molar-refractivity contribution < 1.29 is 29.4 Å². The Kier molecular flexibility index (Phi) is 4.64. The van der Waals surface area contributed by atoms with Gasteiger partial charge in [0.15, 0.2) is 0 Å². The number of rotatable bonds is 3. The summed E-state index contributed by atoms with van der Waals surface area (Å²) in [6.45, 7) is -0.480. The van der Waals surface area contributed by atoms with E-state index in [1.165, 1.54) is 0 Å². The summed E-state index contributed by atoms with van der Waals surface area (Å²) in [5.41, 5.74) is 0. The fourth-order valence-electron chi connectivity index (χ4n) is 1.79. The van der Waals surface area contributed by atoms with E-state index in [9.17, 15) is 19.2 Å². The molecule has 1 heterocycles. The van der Waals surface area contributed by atoms with Crippen molar-refractivity contribution in [2.45, 2.75) is 25.3 Å². The van der Waals surface area contributed by atoms with Crippen molar-refractivity contribution in [1.29, 1.82) is 0 Å². The zero-order valence-electron chi connectivity index (χ0n) is 9.59. The highest BCUT2D eigenvalue weighted by Crippen LogP contribution is 2.17. The number of nitrogens with one attached hydrogen (secondary N) is 1. The van der Waals surface area contributed by atoms with Crippen molar-refractivity contribution in [2.24, 2.45) is 0 Å². The average molecular weight is 258 g/mol. The molecule has 0 aromatic carbocycles. The molecule has 0 aromatic rings. The lowest BCUT2D eigenvalue weighted by Crippen LogP contribution is -2.53. The van der Waals surface area contributed by atoms with Gasteiger partial charge in [0.1, 0.15) is 12.6 Å². The summed E-state index contributed by atoms with van der Waals surface area (Å²) in [5.74, 6) is -4.52. The SMILES string of the molecule is O=C(O)CNC(=O)C(=O)N1CCCC[C@@H]1C(=O)O. The summed E-state index contributed by atoms with van der Waals surface area (Å²) >= 11 is 0. The lowest BCUT2D eigenvalue weighted by atomic mass is 10.0. The number of piperidine rings is 1. The lowest BCUT2D eigenvalue weighted by molar-refractivity contribution is -0.156. The Morgan fingerprint density at radius 3 is 2.39 bits per heavy atom. The molecule has 2 amide bonds. The van der Waals surface area contributed by atoms with Crippen molar-refractivity contribution in [3.8, 4) is 0 Å². The Bertz CT molecular complexity index is 381. The van der Waals surface area contributed by atoms with Gasteiger partial charge < -0.3 is 20.4 Å². The minimum atomic E-state index is -1.27. The first-order valence-electron chi connectivity index (χ1n) is 5.47. The largest absolute Gasteiger partial charge is 0.480 e. The van der Waals surface area contributed by atoms with Gasteiger partial charge in [0.25, 0.3) is 0 Å². The third-order valence-electron chi connectivity index (χ3n) is 2.64. The van der Waals surface area contributed by atoms with Gasteiger partial charge in [-0.05, 0) is 19.3 Å². The van der Waals surface area contributed by atoms with Crippen LogP contribution in [0.5, 0.6) is 0 Å². The van der Waals surface area contributed by atoms with Gasteiger partial charge in [-0.3, -0.25) is 14.4 Å². The third kappa shape index (κ3) is 3.44. The quantitative estimate of drug-likeness (QED) is 0.538. The van der Waals surface area contributed by atoms with Gasteiger partial charge >= 0.3 is 23.8 Å². The van der Waals surface area contributed by atoms with Gasteiger partial charge in [-0.2, -0.15) is 0 Å². The van der Waals surface area contributed by atoms with Crippen molar-refractivity contribution in [3.63, 3.8) is 0 Å². The van der Waals surface area contributed by atoms with Crippen molar-refractivity contribution >= 4 is 23.8 Å². The number of aliphatic carboxylic acids is 2. The topological polar surface area (TPSA) is 124 Å². The lowest BCUT2D eigenvalue weighted by Gasteiger charge is -2.32. The van der Waals surface area contributed by atoms with Gasteiger partial charge in [-0.15, -0.1) is 0 Å². The molecule has 0 aromatic heterocycles. The summed E-state index contributed by atoms with van der Waals surface area (Å²) in [7, 11) is 0. The summed E-state index contributed by atoms with van der Waals surface area (Å²) in [5, 5.41) is 19.2. The van der Waals surface area contributed by atoms with Gasteiger partial charge in [0, 0.05) is 6.54 Å². The van der Waals surface area contributed by atoms with Crippen LogP contribution in [0.2, 0.25) is 0 Å². The molecule has 0 radical (unpaired) electrons. The maximum absolute atomic E-state index is 11.7. The second-order valence-corrected chi connectivity index (χ2v) is 3.92. The number of amides is 2. The van der Waals surface area contributed by atoms with Crippen LogP contribution in [-0.2, 0) is 19.2 Å². The first-order chi connectivity index (χ1) is 8.43. The predicted octanol–water partition coefficient (Wildman–Crippen LogP) is -1.35. The Labute approximate surface area is 103 Å². The van der Waals surface area contributed by atoms with E-state index in [0.717, 1.165) is 4.90 Å². The van der Waals surface area contributed by atoms with Crippen LogP contribution in [0.1, 0.15) is 19.3 Å². The summed E-state index contributed by atoms with van der Waals surface area (Å²) in [4.78, 5) is 45.2. The Hall–Kier alpha value is -2.12. The molecular weight excluding hydrogens is 244 g/mol. The number of nitrogens with zero attached hydrogens (tertiary/aromatic N) is 1. The Morgan fingerprint density at radius 2 is 1.83 bits per heavy atom. The number of carbonyl (C=O) groups is 4. The number of carboxylic acid groups (broad SMARTS) is 2. The van der Waals surface area contributed by atoms with E-state index < -0.39 is 36.3 Å². The maximum atomic E-state index is 11.7. The van der Waals surface area contributed by atoms with E-state index in [4.69, 9.17) is 10.2 Å². The number of carboxylic acids is 2. The molecule has 0 unspecified atom stereocenters. The molecule has 1 fully saturated rings. The standard InChI is InChI=1S/C10H14N2O6/c13-7(14)5-11-8(15)9(16)12-4-2-1-3-6(12)10(17)18/h6H,1-5H2,(H,11,15)(H,13,14)(H,17,18)/t6-/m1/s1. The molecule has 100 valence electrons. The van der Waals surface area contributed by atoms with E-state index in [1.54, 1.807) is 0 Å². The van der Waals surface area contributed by atoms with Crippen LogP contribution in [0.3, 0.4) is 0 Å². The van der Waals surface area contributed by atoms with Crippen LogP contribution in [0.15, 0.2) is 0 Å². The molecule has 8 heteroatoms. The molecule has 0 bridgehead atoms. The fraction of sp³-hybridized carbons (Fsp3) is 0.600. The maximum Gasteiger partial charge on any atom is 0.326 e. The van der Waals surface area contributed by atoms with Gasteiger partial charge in [-0.25, -0.2) is 4.79 Å². The van der Waals surface area contributed by atoms with Gasteiger partial charge in [0.2, 0.25) is 0 Å². The minimum absolute atomic E-state index is 0.191. The van der Waals surface area contributed by atoms with Gasteiger partial charge in [0.05, 0.1) is 0 Å². The predicted molar refractivity (Wildman–Crippen MR) is 57.6 cm³/mol. The monoisotopic (exact) mass is 258 g/mol. The van der Waals surface area contributed by atoms with E-state index in [-0.39, 0.29) is 6.54 Å². The highest BCUT2D eigenvalue weighted by atomic mass is 16.4. The summed E-state index contributed by atoms with van der Waals surface area (Å²) < 4.78 is 0. The summed E-state index contributed by atoms with van der Waals surface area (Å²) in [6.07, 6.45) is 1.60.